The molecule has 0 spiro atoms. The van der Waals surface area contributed by atoms with Crippen molar-refractivity contribution in [1.82, 2.24) is 5.32 Å². The van der Waals surface area contributed by atoms with Crippen molar-refractivity contribution in [3.63, 3.8) is 0 Å². The molecule has 0 saturated heterocycles. The first-order valence-electron chi connectivity index (χ1n) is 7.30. The minimum absolute atomic E-state index is 0.497. The van der Waals surface area contributed by atoms with Crippen LogP contribution >= 0.6 is 23.2 Å². The van der Waals surface area contributed by atoms with Gasteiger partial charge < -0.3 is 5.32 Å². The molecule has 1 aliphatic rings. The Kier molecular flexibility index (Phi) is 6.00. The molecule has 1 aliphatic carbocycles. The topological polar surface area (TPSA) is 12.0 Å². The molecule has 0 aromatic heterocycles. The number of hydrogen-bond donors (Lipinski definition) is 1. The summed E-state index contributed by atoms with van der Waals surface area (Å²) >= 11 is 12.3. The molecule has 3 heteroatoms. The molecule has 19 heavy (non-hydrogen) atoms. The molecule has 0 radical (unpaired) electrons. The molecule has 1 unspecified atom stereocenters. The fourth-order valence-corrected chi connectivity index (χ4v) is 3.44. The van der Waals surface area contributed by atoms with E-state index in [-0.39, 0.29) is 0 Å². The summed E-state index contributed by atoms with van der Waals surface area (Å²) < 4.78 is 0. The van der Waals surface area contributed by atoms with Crippen LogP contribution in [-0.2, 0) is 6.42 Å². The van der Waals surface area contributed by atoms with Crippen molar-refractivity contribution < 1.29 is 0 Å². The molecule has 1 nitrogen and oxygen atoms in total. The van der Waals surface area contributed by atoms with E-state index in [4.69, 9.17) is 23.2 Å². The Morgan fingerprint density at radius 1 is 1.26 bits per heavy atom. The summed E-state index contributed by atoms with van der Waals surface area (Å²) in [6.45, 7) is 0. The van der Waals surface area contributed by atoms with Gasteiger partial charge in [-0.1, -0.05) is 48.9 Å². The highest BCUT2D eigenvalue weighted by molar-refractivity contribution is 6.33. The summed E-state index contributed by atoms with van der Waals surface area (Å²) in [5.74, 6) is 0.950. The molecule has 1 aromatic rings. The zero-order valence-electron chi connectivity index (χ0n) is 11.6. The van der Waals surface area contributed by atoms with Crippen molar-refractivity contribution in [2.75, 3.05) is 7.05 Å². The van der Waals surface area contributed by atoms with Crippen LogP contribution in [0, 0.1) is 5.92 Å². The highest BCUT2D eigenvalue weighted by atomic mass is 35.5. The zero-order valence-corrected chi connectivity index (χ0v) is 13.1. The monoisotopic (exact) mass is 299 g/mol. The lowest BCUT2D eigenvalue weighted by atomic mass is 9.95. The van der Waals surface area contributed by atoms with E-state index in [1.807, 2.05) is 25.2 Å². The van der Waals surface area contributed by atoms with Gasteiger partial charge >= 0.3 is 0 Å². The van der Waals surface area contributed by atoms with Gasteiger partial charge in [0.1, 0.15) is 0 Å². The van der Waals surface area contributed by atoms with Crippen LogP contribution in [0.25, 0.3) is 0 Å². The van der Waals surface area contributed by atoms with Gasteiger partial charge in [0.05, 0.1) is 0 Å². The maximum atomic E-state index is 6.24. The van der Waals surface area contributed by atoms with E-state index in [1.165, 1.54) is 38.5 Å². The molecule has 1 aromatic carbocycles. The molecule has 0 heterocycles. The first-order chi connectivity index (χ1) is 9.19. The van der Waals surface area contributed by atoms with Gasteiger partial charge in [-0.05, 0) is 56.0 Å². The van der Waals surface area contributed by atoms with Gasteiger partial charge in [-0.2, -0.15) is 0 Å². The summed E-state index contributed by atoms with van der Waals surface area (Å²) in [5, 5.41) is 5.01. The Bertz CT molecular complexity index is 400. The number of halogens is 2. The summed E-state index contributed by atoms with van der Waals surface area (Å²) in [5.41, 5.74) is 1.15. The Morgan fingerprint density at radius 2 is 2.00 bits per heavy atom. The normalized spacial score (nSPS) is 17.8. The smallest absolute Gasteiger partial charge is 0.0439 e. The molecule has 0 amide bonds. The van der Waals surface area contributed by atoms with Gasteiger partial charge in [-0.3, -0.25) is 0 Å². The fourth-order valence-electron chi connectivity index (χ4n) is 3.05. The molecule has 0 aliphatic heterocycles. The van der Waals surface area contributed by atoms with Crippen molar-refractivity contribution in [2.24, 2.45) is 5.92 Å². The minimum atomic E-state index is 0.497. The number of likely N-dealkylation sites (N-methyl/N-ethyl adjacent to an activating group) is 1. The first kappa shape index (κ1) is 15.2. The fraction of sp³-hybridized carbons (Fsp3) is 0.625. The number of benzene rings is 1. The van der Waals surface area contributed by atoms with Gasteiger partial charge in [0.2, 0.25) is 0 Å². The average Bonchev–Trinajstić information content (AvgIpc) is 2.91. The van der Waals surface area contributed by atoms with Crippen LogP contribution in [0.5, 0.6) is 0 Å². The van der Waals surface area contributed by atoms with E-state index >= 15 is 0 Å². The van der Waals surface area contributed by atoms with E-state index < -0.39 is 0 Å². The number of rotatable bonds is 6. The van der Waals surface area contributed by atoms with Gasteiger partial charge in [-0.25, -0.2) is 0 Å². The van der Waals surface area contributed by atoms with Gasteiger partial charge in [0.15, 0.2) is 0 Å². The lowest BCUT2D eigenvalue weighted by molar-refractivity contribution is 0.418. The quantitative estimate of drug-likeness (QED) is 0.771. The maximum absolute atomic E-state index is 6.24. The van der Waals surface area contributed by atoms with E-state index in [0.29, 0.717) is 6.04 Å². The lowest BCUT2D eigenvalue weighted by Crippen LogP contribution is -2.28. The Labute approximate surface area is 126 Å². The standard InChI is InChI=1S/C16H23Cl2N/c1-19-15(8-6-12-4-2-3-5-12)11-13-10-14(17)7-9-16(13)18/h7,9-10,12,15,19H,2-6,8,11H2,1H3. The van der Waals surface area contributed by atoms with Crippen molar-refractivity contribution in [1.29, 1.82) is 0 Å². The van der Waals surface area contributed by atoms with Crippen LogP contribution in [0.15, 0.2) is 18.2 Å². The highest BCUT2D eigenvalue weighted by Crippen LogP contribution is 2.30. The van der Waals surface area contributed by atoms with Crippen LogP contribution in [0.3, 0.4) is 0 Å². The molecule has 0 bridgehead atoms. The second kappa shape index (κ2) is 7.52. The van der Waals surface area contributed by atoms with E-state index in [9.17, 15) is 0 Å². The molecular weight excluding hydrogens is 277 g/mol. The third-order valence-corrected chi connectivity index (χ3v) is 4.88. The molecular formula is C16H23Cl2N. The molecule has 1 N–H and O–H groups in total. The van der Waals surface area contributed by atoms with E-state index in [2.05, 4.69) is 5.32 Å². The first-order valence-corrected chi connectivity index (χ1v) is 8.06. The van der Waals surface area contributed by atoms with Gasteiger partial charge in [0.25, 0.3) is 0 Å². The summed E-state index contributed by atoms with van der Waals surface area (Å²) in [7, 11) is 2.04. The zero-order chi connectivity index (χ0) is 13.7. The predicted octanol–water partition coefficient (Wildman–Crippen LogP) is 5.09. The summed E-state index contributed by atoms with van der Waals surface area (Å²) in [6, 6.07) is 6.23. The van der Waals surface area contributed by atoms with Crippen molar-refractivity contribution >= 4 is 23.2 Å². The molecule has 1 fully saturated rings. The van der Waals surface area contributed by atoms with Gasteiger partial charge in [0, 0.05) is 16.1 Å². The van der Waals surface area contributed by atoms with Crippen molar-refractivity contribution in [2.45, 2.75) is 51.0 Å². The average molecular weight is 300 g/mol. The van der Waals surface area contributed by atoms with Crippen molar-refractivity contribution in [3.8, 4) is 0 Å². The number of nitrogens with one attached hydrogen (secondary N) is 1. The highest BCUT2D eigenvalue weighted by Gasteiger charge is 2.17. The summed E-state index contributed by atoms with van der Waals surface area (Å²) in [4.78, 5) is 0. The van der Waals surface area contributed by atoms with Crippen LogP contribution in [0.1, 0.15) is 44.1 Å². The second-order valence-corrected chi connectivity index (χ2v) is 6.50. The molecule has 1 atom stereocenters. The minimum Gasteiger partial charge on any atom is -0.317 e. The second-order valence-electron chi connectivity index (χ2n) is 5.65. The van der Waals surface area contributed by atoms with Gasteiger partial charge in [-0.15, -0.1) is 0 Å². The Balaban J connectivity index is 1.88. The summed E-state index contributed by atoms with van der Waals surface area (Å²) in [6.07, 6.45) is 9.23. The van der Waals surface area contributed by atoms with Crippen LogP contribution in [0.4, 0.5) is 0 Å². The maximum Gasteiger partial charge on any atom is 0.0439 e. The Morgan fingerprint density at radius 3 is 2.68 bits per heavy atom. The lowest BCUT2D eigenvalue weighted by Gasteiger charge is -2.19. The Hall–Kier alpha value is -0.240. The van der Waals surface area contributed by atoms with E-state index in [0.717, 1.165) is 27.9 Å². The third-order valence-electron chi connectivity index (χ3n) is 4.28. The van der Waals surface area contributed by atoms with Crippen LogP contribution < -0.4 is 5.32 Å². The third kappa shape index (κ3) is 4.66. The van der Waals surface area contributed by atoms with Crippen LogP contribution in [0.2, 0.25) is 10.0 Å². The largest absolute Gasteiger partial charge is 0.317 e. The van der Waals surface area contributed by atoms with Crippen LogP contribution in [-0.4, -0.2) is 13.1 Å². The number of hydrogen-bond acceptors (Lipinski definition) is 1. The SMILES string of the molecule is CNC(CCC1CCCC1)Cc1cc(Cl)ccc1Cl. The predicted molar refractivity (Wildman–Crippen MR) is 84.2 cm³/mol. The molecule has 2 rings (SSSR count). The van der Waals surface area contributed by atoms with E-state index in [1.54, 1.807) is 0 Å². The van der Waals surface area contributed by atoms with Crippen molar-refractivity contribution in [3.05, 3.63) is 33.8 Å². The molecule has 106 valence electrons. The molecule has 1 saturated carbocycles.